The Hall–Kier alpha value is 1.64. The Morgan fingerprint density at radius 2 is 1.40 bits per heavy atom. The molecular weight excluding hydrogens is 87.1 g/mol. The first-order valence-electron chi connectivity index (χ1n) is 1.91. The van der Waals surface area contributed by atoms with Crippen molar-refractivity contribution < 1.29 is 52.8 Å². The molecule has 0 atom stereocenters. The minimum Gasteiger partial charge on any atom is -1.00 e. The molecule has 0 amide bonds. The first-order valence-corrected chi connectivity index (χ1v) is 1.91. The second-order valence-corrected chi connectivity index (χ2v) is 1.000. The normalized spacial score (nSPS) is 6.00. The van der Waals surface area contributed by atoms with Crippen LogP contribution in [0, 0.1) is 0 Å². The molecule has 0 aromatic carbocycles. The molecule has 5 heavy (non-hydrogen) atoms. The van der Waals surface area contributed by atoms with Crippen molar-refractivity contribution in [3.05, 3.63) is 0 Å². The number of hydrogen-bond acceptors (Lipinski definition) is 0. The van der Waals surface area contributed by atoms with Gasteiger partial charge in [-0.25, -0.2) is 0 Å². The van der Waals surface area contributed by atoms with Crippen molar-refractivity contribution in [2.75, 3.05) is 0 Å². The van der Waals surface area contributed by atoms with Crippen LogP contribution in [0.15, 0.2) is 0 Å². The molecule has 1 heteroatoms. The van der Waals surface area contributed by atoms with Gasteiger partial charge in [-0.1, -0.05) is 26.7 Å². The summed E-state index contributed by atoms with van der Waals surface area (Å²) < 4.78 is 0. The van der Waals surface area contributed by atoms with Gasteiger partial charge in [0.05, 0.1) is 0 Å². The summed E-state index contributed by atoms with van der Waals surface area (Å²) in [5, 5.41) is 0. The van der Waals surface area contributed by atoms with Gasteiger partial charge >= 0.3 is 51.4 Å². The summed E-state index contributed by atoms with van der Waals surface area (Å²) in [4.78, 5) is 0. The summed E-state index contributed by atoms with van der Waals surface area (Å²) in [7, 11) is 0. The van der Waals surface area contributed by atoms with Crippen molar-refractivity contribution in [1.82, 2.24) is 0 Å². The fourth-order valence-corrected chi connectivity index (χ4v) is 0. The van der Waals surface area contributed by atoms with Crippen LogP contribution in [0.4, 0.5) is 0 Å². The molecule has 0 bridgehead atoms. The van der Waals surface area contributed by atoms with Crippen molar-refractivity contribution in [2.45, 2.75) is 26.7 Å². The van der Waals surface area contributed by atoms with E-state index in [4.69, 9.17) is 0 Å². The molecule has 0 rings (SSSR count). The largest absolute Gasteiger partial charge is 1.00 e. The second-order valence-electron chi connectivity index (χ2n) is 1.000. The Kier molecular flexibility index (Phi) is 18.0. The smallest absolute Gasteiger partial charge is 1.00 e. The Morgan fingerprint density at radius 3 is 1.40 bits per heavy atom. The third-order valence-corrected chi connectivity index (χ3v) is 0.500. The molecule has 0 saturated carbocycles. The fourth-order valence-electron chi connectivity index (χ4n) is 0. The molecule has 0 heterocycles. The van der Waals surface area contributed by atoms with Crippen molar-refractivity contribution in [3.63, 3.8) is 0 Å². The Morgan fingerprint density at radius 1 is 1.20 bits per heavy atom. The van der Waals surface area contributed by atoms with Crippen molar-refractivity contribution in [2.24, 2.45) is 0 Å². The monoisotopic (exact) mass is 98.0 g/mol. The molecule has 0 aliphatic carbocycles. The number of hydrogen-bond donors (Lipinski definition) is 0. The first-order chi connectivity index (χ1) is 1.91. The summed E-state index contributed by atoms with van der Waals surface area (Å²) in [5.41, 5.74) is 0. The maximum atomic E-state index is 2.18. The molecule has 0 spiro atoms. The molecule has 0 N–H and O–H groups in total. The van der Waals surface area contributed by atoms with E-state index in [1.54, 1.807) is 0 Å². The molecule has 0 aromatic heterocycles. The van der Waals surface area contributed by atoms with E-state index in [0.717, 1.165) is 0 Å². The molecule has 0 saturated heterocycles. The van der Waals surface area contributed by atoms with Gasteiger partial charge in [0, 0.05) is 0 Å². The average Bonchev–Trinajstić information content (AvgIpc) is 1.37. The quantitative estimate of drug-likeness (QED) is 0.366. The Bertz CT molecular complexity index is 9.51. The first kappa shape index (κ1) is 9.81. The third kappa shape index (κ3) is 10.7. The average molecular weight is 98.2 g/mol. The van der Waals surface area contributed by atoms with Crippen molar-refractivity contribution >= 4 is 0 Å². The van der Waals surface area contributed by atoms with Gasteiger partial charge in [0.15, 0.2) is 0 Å². The SMILES string of the molecule is CCCC.[H-].[K+]. The van der Waals surface area contributed by atoms with E-state index in [-0.39, 0.29) is 52.8 Å². The summed E-state index contributed by atoms with van der Waals surface area (Å²) in [6.45, 7) is 4.36. The predicted octanol–water partition coefficient (Wildman–Crippen LogP) is -1.08. The number of rotatable bonds is 1. The van der Waals surface area contributed by atoms with E-state index >= 15 is 0 Å². The van der Waals surface area contributed by atoms with Gasteiger partial charge in [0.25, 0.3) is 0 Å². The van der Waals surface area contributed by atoms with Gasteiger partial charge in [-0.05, 0) is 0 Å². The van der Waals surface area contributed by atoms with Gasteiger partial charge in [0.1, 0.15) is 0 Å². The third-order valence-electron chi connectivity index (χ3n) is 0.500. The molecule has 0 fully saturated rings. The summed E-state index contributed by atoms with van der Waals surface area (Å²) in [6, 6.07) is 0. The Balaban J connectivity index is -0.0000000450. The Labute approximate surface area is 78.2 Å². The van der Waals surface area contributed by atoms with E-state index < -0.39 is 0 Å². The van der Waals surface area contributed by atoms with Gasteiger partial charge in [0.2, 0.25) is 0 Å². The molecule has 0 unspecified atom stereocenters. The summed E-state index contributed by atoms with van der Waals surface area (Å²) >= 11 is 0. The maximum absolute atomic E-state index is 2.18. The topological polar surface area (TPSA) is 0 Å². The fraction of sp³-hybridized carbons (Fsp3) is 1.00. The summed E-state index contributed by atoms with van der Waals surface area (Å²) in [5.74, 6) is 0. The second kappa shape index (κ2) is 9.16. The van der Waals surface area contributed by atoms with Crippen LogP contribution in [0.3, 0.4) is 0 Å². The molecular formula is C4H11K. The number of unbranched alkanes of at least 4 members (excludes halogenated alkanes) is 1. The van der Waals surface area contributed by atoms with Crippen LogP contribution in [0.2, 0.25) is 0 Å². The van der Waals surface area contributed by atoms with Crippen LogP contribution in [-0.4, -0.2) is 0 Å². The van der Waals surface area contributed by atoms with Crippen molar-refractivity contribution in [1.29, 1.82) is 0 Å². The van der Waals surface area contributed by atoms with Gasteiger partial charge < -0.3 is 1.43 Å². The minimum atomic E-state index is 0. The molecule has 0 aliphatic rings. The summed E-state index contributed by atoms with van der Waals surface area (Å²) in [6.07, 6.45) is 2.64. The van der Waals surface area contributed by atoms with E-state index in [2.05, 4.69) is 13.8 Å². The van der Waals surface area contributed by atoms with Crippen molar-refractivity contribution in [3.8, 4) is 0 Å². The van der Waals surface area contributed by atoms with E-state index in [1.165, 1.54) is 12.8 Å². The molecule has 28 valence electrons. The zero-order valence-electron chi connectivity index (χ0n) is 5.41. The van der Waals surface area contributed by atoms with Crippen LogP contribution < -0.4 is 51.4 Å². The van der Waals surface area contributed by atoms with Crippen LogP contribution in [0.5, 0.6) is 0 Å². The van der Waals surface area contributed by atoms with E-state index in [9.17, 15) is 0 Å². The van der Waals surface area contributed by atoms with Gasteiger partial charge in [-0.2, -0.15) is 0 Å². The van der Waals surface area contributed by atoms with Crippen LogP contribution in [0.25, 0.3) is 0 Å². The predicted molar refractivity (Wildman–Crippen MR) is 21.7 cm³/mol. The maximum Gasteiger partial charge on any atom is 1.00 e. The van der Waals surface area contributed by atoms with Crippen LogP contribution in [0.1, 0.15) is 28.1 Å². The molecule has 0 aromatic rings. The van der Waals surface area contributed by atoms with Gasteiger partial charge in [-0.15, -0.1) is 0 Å². The van der Waals surface area contributed by atoms with Gasteiger partial charge in [-0.3, -0.25) is 0 Å². The zero-order valence-corrected chi connectivity index (χ0v) is 7.54. The standard InChI is InChI=1S/C4H10.K.H/c1-3-4-2;;/h3-4H2,1-2H3;;/q;+1;-1. The zero-order chi connectivity index (χ0) is 3.41. The van der Waals surface area contributed by atoms with Crippen LogP contribution >= 0.6 is 0 Å². The molecule has 0 radical (unpaired) electrons. The minimum absolute atomic E-state index is 0. The van der Waals surface area contributed by atoms with E-state index in [1.807, 2.05) is 0 Å². The van der Waals surface area contributed by atoms with E-state index in [0.29, 0.717) is 0 Å². The van der Waals surface area contributed by atoms with Crippen LogP contribution in [-0.2, 0) is 0 Å². The molecule has 0 nitrogen and oxygen atoms in total. The molecule has 0 aliphatic heterocycles.